The quantitative estimate of drug-likeness (QED) is 0.392. The molecule has 0 amide bonds. The van der Waals surface area contributed by atoms with Crippen molar-refractivity contribution in [3.05, 3.63) is 24.5 Å². The Bertz CT molecular complexity index is 236. The van der Waals surface area contributed by atoms with E-state index in [1.165, 1.54) is 0 Å². The van der Waals surface area contributed by atoms with Crippen LogP contribution in [0, 0.1) is 0 Å². The van der Waals surface area contributed by atoms with Crippen molar-refractivity contribution in [2.24, 2.45) is 7.05 Å². The average molecular weight is 136 g/mol. The van der Waals surface area contributed by atoms with Gasteiger partial charge < -0.3 is 0 Å². The molecule has 0 unspecified atom stereocenters. The summed E-state index contributed by atoms with van der Waals surface area (Å²) in [5.41, 5.74) is 1.12. The summed E-state index contributed by atoms with van der Waals surface area (Å²) < 4.78 is 3.83. The summed E-state index contributed by atoms with van der Waals surface area (Å²) in [4.78, 5) is 0. The van der Waals surface area contributed by atoms with E-state index >= 15 is 0 Å². The second kappa shape index (κ2) is 2.60. The van der Waals surface area contributed by atoms with Gasteiger partial charge in [0.15, 0.2) is 12.4 Å². The maximum absolute atomic E-state index is 3.76. The van der Waals surface area contributed by atoms with Crippen molar-refractivity contribution in [2.45, 2.75) is 0 Å². The zero-order valence-electron chi connectivity index (χ0n) is 6.41. The van der Waals surface area contributed by atoms with Crippen LogP contribution in [0.3, 0.4) is 0 Å². The molecule has 2 nitrogen and oxygen atoms in total. The molecule has 0 fully saturated rings. The van der Waals surface area contributed by atoms with Gasteiger partial charge in [-0.2, -0.15) is 0 Å². The van der Waals surface area contributed by atoms with Crippen LogP contribution >= 0.6 is 0 Å². The lowest BCUT2D eigenvalue weighted by molar-refractivity contribution is -0.672. The van der Waals surface area contributed by atoms with E-state index in [1.807, 2.05) is 47.8 Å². The van der Waals surface area contributed by atoms with Crippen LogP contribution in [0.15, 0.2) is 24.5 Å². The van der Waals surface area contributed by atoms with Crippen molar-refractivity contribution in [1.29, 1.82) is 0 Å². The topological polar surface area (TPSA) is 6.89 Å². The Balaban J connectivity index is 3.00. The first-order chi connectivity index (χ1) is 4.70. The molecule has 1 heterocycles. The molecular weight excluding hydrogens is 124 g/mol. The predicted octanol–water partition coefficient (Wildman–Crippen LogP) is 0.485. The van der Waals surface area contributed by atoms with Gasteiger partial charge >= 0.3 is 0 Å². The number of hydrogen-bond acceptors (Lipinski definition) is 0. The van der Waals surface area contributed by atoms with Crippen LogP contribution in [-0.2, 0) is 7.05 Å². The summed E-state index contributed by atoms with van der Waals surface area (Å²) >= 11 is 0. The molecular formula is C8H12N2+2. The fourth-order valence-electron chi connectivity index (χ4n) is 0.748. The molecule has 1 aromatic heterocycles. The van der Waals surface area contributed by atoms with Gasteiger partial charge in [-0.1, -0.05) is 0 Å². The largest absolute Gasteiger partial charge is 0.216 e. The number of aryl methyl sites for hydroxylation is 1. The molecule has 0 saturated carbocycles. The van der Waals surface area contributed by atoms with E-state index in [-0.39, 0.29) is 0 Å². The third kappa shape index (κ3) is 1.41. The minimum absolute atomic E-state index is 1.12. The number of pyridine rings is 1. The molecule has 0 N–H and O–H groups in total. The smallest absolute Gasteiger partial charge is 0.208 e. The molecule has 0 spiro atoms. The van der Waals surface area contributed by atoms with Crippen molar-refractivity contribution in [3.63, 3.8) is 0 Å². The van der Waals surface area contributed by atoms with Crippen molar-refractivity contribution < 1.29 is 9.14 Å². The highest BCUT2D eigenvalue weighted by Gasteiger charge is 2.00. The zero-order chi connectivity index (χ0) is 7.56. The van der Waals surface area contributed by atoms with Gasteiger partial charge in [-0.15, -0.1) is 0 Å². The van der Waals surface area contributed by atoms with Crippen molar-refractivity contribution in [3.8, 4) is 0 Å². The summed E-state index contributed by atoms with van der Waals surface area (Å²) in [5.74, 6) is 0. The summed E-state index contributed by atoms with van der Waals surface area (Å²) in [6.07, 6.45) is 3.99. The van der Waals surface area contributed by atoms with Crippen LogP contribution in [0.1, 0.15) is 0 Å². The molecule has 0 aliphatic heterocycles. The van der Waals surface area contributed by atoms with Gasteiger partial charge in [0.25, 0.3) is 0 Å². The van der Waals surface area contributed by atoms with Gasteiger partial charge in [-0.25, -0.2) is 9.14 Å². The maximum Gasteiger partial charge on any atom is 0.216 e. The highest BCUT2D eigenvalue weighted by atomic mass is 15.0. The van der Waals surface area contributed by atoms with Crippen LogP contribution in [0.25, 0.3) is 0 Å². The summed E-state index contributed by atoms with van der Waals surface area (Å²) in [6, 6.07) is 4.04. The summed E-state index contributed by atoms with van der Waals surface area (Å²) in [7, 11) is 3.92. The fraction of sp³-hybridized carbons (Fsp3) is 0.250. The second-order valence-electron chi connectivity index (χ2n) is 2.42. The highest BCUT2D eigenvalue weighted by molar-refractivity contribution is 5.29. The Labute approximate surface area is 61.1 Å². The van der Waals surface area contributed by atoms with E-state index in [1.54, 1.807) is 0 Å². The van der Waals surface area contributed by atoms with Crippen LogP contribution in [0.4, 0.5) is 5.69 Å². The van der Waals surface area contributed by atoms with E-state index < -0.39 is 0 Å². The van der Waals surface area contributed by atoms with Gasteiger partial charge in [0.2, 0.25) is 5.69 Å². The molecule has 52 valence electrons. The van der Waals surface area contributed by atoms with E-state index in [2.05, 4.69) is 6.72 Å². The Morgan fingerprint density at radius 3 is 2.30 bits per heavy atom. The second-order valence-corrected chi connectivity index (χ2v) is 2.42. The van der Waals surface area contributed by atoms with Gasteiger partial charge in [0, 0.05) is 0 Å². The molecule has 0 radical (unpaired) electrons. The normalized spacial score (nSPS) is 9.40. The van der Waals surface area contributed by atoms with Crippen LogP contribution < -0.4 is 4.57 Å². The molecule has 0 bridgehead atoms. The van der Waals surface area contributed by atoms with E-state index in [0.29, 0.717) is 0 Å². The zero-order valence-corrected chi connectivity index (χ0v) is 6.41. The first-order valence-corrected chi connectivity index (χ1v) is 3.19. The standard InChI is InChI=1S/C8H12N2/c1-9(2)8-4-6-10(3)7-5-8/h4-7H,1H2,2-3H3/q+2. The van der Waals surface area contributed by atoms with E-state index in [4.69, 9.17) is 0 Å². The van der Waals surface area contributed by atoms with Gasteiger partial charge in [-0.05, 0) is 0 Å². The van der Waals surface area contributed by atoms with Gasteiger partial charge in [0.1, 0.15) is 20.8 Å². The maximum atomic E-state index is 3.76. The molecule has 10 heavy (non-hydrogen) atoms. The predicted molar refractivity (Wildman–Crippen MR) is 40.6 cm³/mol. The van der Waals surface area contributed by atoms with Crippen molar-refractivity contribution >= 4 is 12.4 Å². The van der Waals surface area contributed by atoms with Gasteiger partial charge in [0.05, 0.1) is 12.1 Å². The first kappa shape index (κ1) is 6.93. The molecule has 0 aliphatic rings. The lowest BCUT2D eigenvalue weighted by atomic mass is 10.4. The molecule has 0 atom stereocenters. The van der Waals surface area contributed by atoms with Crippen LogP contribution in [0.2, 0.25) is 0 Å². The third-order valence-corrected chi connectivity index (χ3v) is 1.40. The van der Waals surface area contributed by atoms with Crippen LogP contribution in [0.5, 0.6) is 0 Å². The highest BCUT2D eigenvalue weighted by Crippen LogP contribution is 2.03. The first-order valence-electron chi connectivity index (χ1n) is 3.19. The lowest BCUT2D eigenvalue weighted by Gasteiger charge is -1.89. The Hall–Kier alpha value is -1.18. The Morgan fingerprint density at radius 2 is 1.90 bits per heavy atom. The minimum atomic E-state index is 1.12. The van der Waals surface area contributed by atoms with Crippen LogP contribution in [-0.4, -0.2) is 18.3 Å². The molecule has 1 rings (SSSR count). The number of aromatic nitrogens is 1. The molecule has 0 saturated heterocycles. The number of hydrogen-bond donors (Lipinski definition) is 0. The van der Waals surface area contributed by atoms with E-state index in [9.17, 15) is 0 Å². The number of rotatable bonds is 1. The average Bonchev–Trinajstić information content (AvgIpc) is 1.88. The molecule has 0 aromatic carbocycles. The molecule has 0 aliphatic carbocycles. The lowest BCUT2D eigenvalue weighted by Crippen LogP contribution is -2.25. The summed E-state index contributed by atoms with van der Waals surface area (Å²) in [5, 5.41) is 0. The Kier molecular flexibility index (Phi) is 1.81. The molecule has 1 aromatic rings. The SMILES string of the molecule is C=[N+](C)c1cc[n+](C)cc1. The minimum Gasteiger partial charge on any atom is -0.208 e. The third-order valence-electron chi connectivity index (χ3n) is 1.40. The fourth-order valence-corrected chi connectivity index (χ4v) is 0.748. The van der Waals surface area contributed by atoms with Gasteiger partial charge in [-0.3, -0.25) is 0 Å². The van der Waals surface area contributed by atoms with Crippen molar-refractivity contribution in [2.75, 3.05) is 7.05 Å². The van der Waals surface area contributed by atoms with E-state index in [0.717, 1.165) is 5.69 Å². The molecule has 2 heteroatoms. The Morgan fingerprint density at radius 1 is 1.40 bits per heavy atom. The summed E-state index contributed by atoms with van der Waals surface area (Å²) in [6.45, 7) is 3.76. The number of nitrogens with zero attached hydrogens (tertiary/aromatic N) is 2. The monoisotopic (exact) mass is 136 g/mol. The van der Waals surface area contributed by atoms with Crippen molar-refractivity contribution in [1.82, 2.24) is 0 Å².